The Morgan fingerprint density at radius 3 is 2.29 bits per heavy atom. The first-order valence-electron chi connectivity index (χ1n) is 7.69. The van der Waals surface area contributed by atoms with Crippen molar-refractivity contribution in [2.75, 3.05) is 0 Å². The molecule has 1 amide bonds. The van der Waals surface area contributed by atoms with Crippen LogP contribution in [0.25, 0.3) is 5.69 Å². The molecule has 0 aliphatic rings. The number of amides is 1. The van der Waals surface area contributed by atoms with Crippen LogP contribution in [0, 0.1) is 20.8 Å². The average Bonchev–Trinajstić information content (AvgIpc) is 3.13. The molecule has 0 unspecified atom stereocenters. The van der Waals surface area contributed by atoms with Crippen molar-refractivity contribution in [1.82, 2.24) is 9.99 Å². The van der Waals surface area contributed by atoms with Gasteiger partial charge in [-0.05, 0) is 74.2 Å². The van der Waals surface area contributed by atoms with Gasteiger partial charge in [0.25, 0.3) is 5.91 Å². The monoisotopic (exact) mass is 337 g/mol. The molecule has 0 atom stereocenters. The van der Waals surface area contributed by atoms with Gasteiger partial charge in [0.1, 0.15) is 0 Å². The topological polar surface area (TPSA) is 46.4 Å². The van der Waals surface area contributed by atoms with Crippen molar-refractivity contribution in [1.29, 1.82) is 0 Å². The second kappa shape index (κ2) is 6.84. The Hall–Kier alpha value is -2.66. The minimum absolute atomic E-state index is 0.215. The molecule has 2 aromatic heterocycles. The van der Waals surface area contributed by atoms with E-state index < -0.39 is 0 Å². The summed E-state index contributed by atoms with van der Waals surface area (Å²) in [5.41, 5.74) is 7.69. The van der Waals surface area contributed by atoms with E-state index in [2.05, 4.69) is 41.1 Å². The average molecular weight is 337 g/mol. The molecule has 0 aliphatic carbocycles. The molecule has 0 aliphatic heterocycles. The van der Waals surface area contributed by atoms with Crippen LogP contribution in [0.2, 0.25) is 0 Å². The van der Waals surface area contributed by atoms with Gasteiger partial charge in [-0.1, -0.05) is 0 Å². The minimum atomic E-state index is -0.215. The number of rotatable bonds is 4. The van der Waals surface area contributed by atoms with E-state index in [4.69, 9.17) is 0 Å². The van der Waals surface area contributed by atoms with Gasteiger partial charge in [-0.25, -0.2) is 5.43 Å². The second-order valence-electron chi connectivity index (χ2n) is 5.67. The van der Waals surface area contributed by atoms with Crippen LogP contribution in [0.1, 0.15) is 32.2 Å². The van der Waals surface area contributed by atoms with E-state index in [-0.39, 0.29) is 5.91 Å². The molecule has 5 heteroatoms. The summed E-state index contributed by atoms with van der Waals surface area (Å²) in [6, 6.07) is 13.7. The highest BCUT2D eigenvalue weighted by Gasteiger charge is 2.07. The minimum Gasteiger partial charge on any atom is -0.319 e. The Labute approximate surface area is 145 Å². The number of nitrogens with one attached hydrogen (secondary N) is 1. The summed E-state index contributed by atoms with van der Waals surface area (Å²) in [7, 11) is 0. The molecule has 0 bridgehead atoms. The predicted octanol–water partition coefficient (Wildman–Crippen LogP) is 4.23. The van der Waals surface area contributed by atoms with Crippen molar-refractivity contribution in [2.24, 2.45) is 5.10 Å². The first-order valence-corrected chi connectivity index (χ1v) is 8.57. The number of hydrogen-bond acceptors (Lipinski definition) is 3. The third kappa shape index (κ3) is 3.31. The van der Waals surface area contributed by atoms with Crippen molar-refractivity contribution in [3.05, 3.63) is 75.2 Å². The lowest BCUT2D eigenvalue weighted by Gasteiger charge is -2.10. The third-order valence-corrected chi connectivity index (χ3v) is 4.86. The lowest BCUT2D eigenvalue weighted by atomic mass is 10.2. The maximum atomic E-state index is 12.2. The number of carbonyl (C=O) groups excluding carboxylic acids is 1. The summed E-state index contributed by atoms with van der Waals surface area (Å²) in [5.74, 6) is -0.215. The predicted molar refractivity (Wildman–Crippen MR) is 99.4 cm³/mol. The fraction of sp³-hybridized carbons (Fsp3) is 0.158. The van der Waals surface area contributed by atoms with Gasteiger partial charge in [0.15, 0.2) is 0 Å². The largest absolute Gasteiger partial charge is 0.319 e. The zero-order valence-electron chi connectivity index (χ0n) is 13.9. The molecule has 2 heterocycles. The Morgan fingerprint density at radius 2 is 1.71 bits per heavy atom. The summed E-state index contributed by atoms with van der Waals surface area (Å²) < 4.78 is 2.15. The maximum Gasteiger partial charge on any atom is 0.271 e. The molecule has 4 nitrogen and oxygen atoms in total. The molecule has 0 radical (unpaired) electrons. The van der Waals surface area contributed by atoms with Crippen LogP contribution in [0.15, 0.2) is 52.9 Å². The van der Waals surface area contributed by atoms with Crippen LogP contribution < -0.4 is 5.43 Å². The Bertz CT molecular complexity index is 868. The number of thiophene rings is 1. The first-order chi connectivity index (χ1) is 11.6. The SMILES string of the molecule is Cc1ccsc1/C=N/NC(=O)c1ccc(-n2c(C)ccc2C)cc1. The normalized spacial score (nSPS) is 11.1. The lowest BCUT2D eigenvalue weighted by molar-refractivity contribution is 0.0955. The van der Waals surface area contributed by atoms with Crippen molar-refractivity contribution >= 4 is 23.5 Å². The van der Waals surface area contributed by atoms with Gasteiger partial charge in [0.05, 0.1) is 6.21 Å². The molecule has 3 rings (SSSR count). The molecule has 122 valence electrons. The van der Waals surface area contributed by atoms with E-state index >= 15 is 0 Å². The number of nitrogens with zero attached hydrogens (tertiary/aromatic N) is 2. The number of carbonyl (C=O) groups is 1. The number of benzene rings is 1. The lowest BCUT2D eigenvalue weighted by Crippen LogP contribution is -2.17. The van der Waals surface area contributed by atoms with Crippen LogP contribution in [-0.2, 0) is 0 Å². The van der Waals surface area contributed by atoms with E-state index in [1.807, 2.05) is 42.6 Å². The molecule has 0 saturated heterocycles. The Kier molecular flexibility index (Phi) is 4.62. The molecule has 1 N–H and O–H groups in total. The molecule has 0 fully saturated rings. The van der Waals surface area contributed by atoms with Crippen LogP contribution in [0.3, 0.4) is 0 Å². The van der Waals surface area contributed by atoms with E-state index in [0.29, 0.717) is 5.56 Å². The van der Waals surface area contributed by atoms with Gasteiger partial charge in [0, 0.05) is 27.5 Å². The van der Waals surface area contributed by atoms with Crippen LogP contribution in [0.4, 0.5) is 0 Å². The highest BCUT2D eigenvalue weighted by Crippen LogP contribution is 2.17. The number of aryl methyl sites for hydroxylation is 3. The van der Waals surface area contributed by atoms with Crippen LogP contribution >= 0.6 is 11.3 Å². The zero-order valence-corrected chi connectivity index (χ0v) is 14.7. The molecular weight excluding hydrogens is 318 g/mol. The Morgan fingerprint density at radius 1 is 1.04 bits per heavy atom. The summed E-state index contributed by atoms with van der Waals surface area (Å²) in [5, 5.41) is 6.03. The molecule has 0 spiro atoms. The molecule has 1 aromatic carbocycles. The smallest absolute Gasteiger partial charge is 0.271 e. The van der Waals surface area contributed by atoms with E-state index in [0.717, 1.165) is 16.1 Å². The fourth-order valence-corrected chi connectivity index (χ4v) is 3.35. The van der Waals surface area contributed by atoms with Crippen molar-refractivity contribution in [3.63, 3.8) is 0 Å². The summed E-state index contributed by atoms with van der Waals surface area (Å²) >= 11 is 1.60. The first kappa shape index (κ1) is 16.2. The van der Waals surface area contributed by atoms with E-state index in [1.54, 1.807) is 17.6 Å². The molecule has 24 heavy (non-hydrogen) atoms. The second-order valence-corrected chi connectivity index (χ2v) is 6.61. The maximum absolute atomic E-state index is 12.2. The Balaban J connectivity index is 1.70. The van der Waals surface area contributed by atoms with Crippen LogP contribution in [-0.4, -0.2) is 16.7 Å². The highest BCUT2D eigenvalue weighted by molar-refractivity contribution is 7.11. The van der Waals surface area contributed by atoms with Gasteiger partial charge in [-0.3, -0.25) is 4.79 Å². The zero-order chi connectivity index (χ0) is 17.1. The van der Waals surface area contributed by atoms with Gasteiger partial charge < -0.3 is 4.57 Å². The number of hydrogen-bond donors (Lipinski definition) is 1. The van der Waals surface area contributed by atoms with Crippen LogP contribution in [0.5, 0.6) is 0 Å². The number of hydrazone groups is 1. The van der Waals surface area contributed by atoms with Gasteiger partial charge >= 0.3 is 0 Å². The van der Waals surface area contributed by atoms with Crippen molar-refractivity contribution < 1.29 is 4.79 Å². The number of aromatic nitrogens is 1. The van der Waals surface area contributed by atoms with Gasteiger partial charge in [-0.2, -0.15) is 5.10 Å². The van der Waals surface area contributed by atoms with Crippen molar-refractivity contribution in [3.8, 4) is 5.69 Å². The highest BCUT2D eigenvalue weighted by atomic mass is 32.1. The third-order valence-electron chi connectivity index (χ3n) is 3.91. The standard InChI is InChI=1S/C19H19N3OS/c1-13-10-11-24-18(13)12-20-21-19(23)16-6-8-17(9-7-16)22-14(2)4-5-15(22)3/h4-12H,1-3H3,(H,21,23)/b20-12+. The van der Waals surface area contributed by atoms with E-state index in [1.165, 1.54) is 11.4 Å². The molecular formula is C19H19N3OS. The fourth-order valence-electron chi connectivity index (χ4n) is 2.57. The van der Waals surface area contributed by atoms with Gasteiger partial charge in [-0.15, -0.1) is 11.3 Å². The van der Waals surface area contributed by atoms with Gasteiger partial charge in [0.2, 0.25) is 0 Å². The van der Waals surface area contributed by atoms with E-state index in [9.17, 15) is 4.79 Å². The summed E-state index contributed by atoms with van der Waals surface area (Å²) in [4.78, 5) is 13.2. The van der Waals surface area contributed by atoms with Crippen molar-refractivity contribution in [2.45, 2.75) is 20.8 Å². The summed E-state index contributed by atoms with van der Waals surface area (Å²) in [6.07, 6.45) is 1.68. The quantitative estimate of drug-likeness (QED) is 0.562. The molecule has 3 aromatic rings. The molecule has 0 saturated carbocycles. The summed E-state index contributed by atoms with van der Waals surface area (Å²) in [6.45, 7) is 6.15.